The number of rotatable bonds is 3. The summed E-state index contributed by atoms with van der Waals surface area (Å²) in [5.41, 5.74) is 0.365. The van der Waals surface area contributed by atoms with Gasteiger partial charge in [0.25, 0.3) is 8.32 Å². The number of nitriles is 1. The van der Waals surface area contributed by atoms with Crippen molar-refractivity contribution in [3.8, 4) is 11.8 Å². The monoisotopic (exact) mass is 277 g/mol. The topological polar surface area (TPSA) is 70.3 Å². The number of carboxylic acid groups (broad SMARTS) is 1. The van der Waals surface area contributed by atoms with Gasteiger partial charge in [0.2, 0.25) is 0 Å². The summed E-state index contributed by atoms with van der Waals surface area (Å²) in [5.74, 6) is -0.732. The van der Waals surface area contributed by atoms with Gasteiger partial charge in [0.15, 0.2) is 0 Å². The molecule has 1 aromatic carbocycles. The average molecular weight is 277 g/mol. The number of hydrogen-bond acceptors (Lipinski definition) is 3. The largest absolute Gasteiger partial charge is 0.543 e. The lowest BCUT2D eigenvalue weighted by Gasteiger charge is -2.36. The summed E-state index contributed by atoms with van der Waals surface area (Å²) in [7, 11) is -2.10. The van der Waals surface area contributed by atoms with Crippen LogP contribution in [-0.2, 0) is 0 Å². The van der Waals surface area contributed by atoms with Gasteiger partial charge in [0, 0.05) is 0 Å². The van der Waals surface area contributed by atoms with Crippen LogP contribution in [0.1, 0.15) is 36.7 Å². The van der Waals surface area contributed by atoms with E-state index in [1.165, 1.54) is 6.07 Å². The first-order valence-electron chi connectivity index (χ1n) is 6.05. The van der Waals surface area contributed by atoms with Crippen LogP contribution in [0.15, 0.2) is 18.2 Å². The van der Waals surface area contributed by atoms with Crippen LogP contribution in [0.4, 0.5) is 0 Å². The quantitative estimate of drug-likeness (QED) is 0.856. The summed E-state index contributed by atoms with van der Waals surface area (Å²) < 4.78 is 6.01. The van der Waals surface area contributed by atoms with E-state index in [-0.39, 0.29) is 10.6 Å². The third-order valence-corrected chi connectivity index (χ3v) is 7.85. The third kappa shape index (κ3) is 3.35. The normalized spacial score (nSPS) is 11.8. The molecular weight excluding hydrogens is 258 g/mol. The predicted octanol–water partition coefficient (Wildman–Crippen LogP) is 3.64. The van der Waals surface area contributed by atoms with E-state index >= 15 is 0 Å². The molecule has 0 unspecified atom stereocenters. The molecule has 1 rings (SSSR count). The molecule has 0 bridgehead atoms. The van der Waals surface area contributed by atoms with Gasteiger partial charge in [0.1, 0.15) is 11.3 Å². The summed E-state index contributed by atoms with van der Waals surface area (Å²) in [6, 6.07) is 6.44. The Morgan fingerprint density at radius 1 is 1.37 bits per heavy atom. The van der Waals surface area contributed by atoms with Crippen LogP contribution in [0.3, 0.4) is 0 Å². The summed E-state index contributed by atoms with van der Waals surface area (Å²) >= 11 is 0. The van der Waals surface area contributed by atoms with Crippen molar-refractivity contribution in [3.05, 3.63) is 29.3 Å². The molecule has 0 aliphatic heterocycles. The highest BCUT2D eigenvalue weighted by molar-refractivity contribution is 6.74. The van der Waals surface area contributed by atoms with Crippen molar-refractivity contribution in [2.45, 2.75) is 38.9 Å². The fourth-order valence-electron chi connectivity index (χ4n) is 1.28. The molecule has 1 aromatic rings. The number of hydrogen-bond donors (Lipinski definition) is 1. The van der Waals surface area contributed by atoms with E-state index in [9.17, 15) is 9.90 Å². The van der Waals surface area contributed by atoms with Crippen molar-refractivity contribution in [2.75, 3.05) is 0 Å². The van der Waals surface area contributed by atoms with Crippen LogP contribution in [0.2, 0.25) is 18.1 Å². The second-order valence-corrected chi connectivity index (χ2v) is 10.7. The molecule has 0 saturated carbocycles. The molecule has 5 heteroatoms. The molecule has 0 amide bonds. The standard InChI is InChI=1S/C14H19NO3Si/c1-14(2,3)19(4,5)18-12-7-6-10(9-15)8-11(12)13(16)17/h6-8H,1-5H3,(H,16,17). The van der Waals surface area contributed by atoms with Gasteiger partial charge in [0.05, 0.1) is 11.6 Å². The number of carbonyl (C=O) groups is 1. The molecule has 0 spiro atoms. The highest BCUT2D eigenvalue weighted by atomic mass is 28.4. The van der Waals surface area contributed by atoms with Gasteiger partial charge in [-0.2, -0.15) is 5.26 Å². The molecule has 0 aliphatic carbocycles. The van der Waals surface area contributed by atoms with Gasteiger partial charge in [-0.25, -0.2) is 4.79 Å². The maximum atomic E-state index is 11.3. The Morgan fingerprint density at radius 3 is 2.37 bits per heavy atom. The van der Waals surface area contributed by atoms with Crippen LogP contribution < -0.4 is 4.43 Å². The number of nitrogens with zero attached hydrogens (tertiary/aromatic N) is 1. The maximum absolute atomic E-state index is 11.3. The van der Waals surface area contributed by atoms with Crippen molar-refractivity contribution in [1.82, 2.24) is 0 Å². The Hall–Kier alpha value is -1.80. The molecule has 0 fully saturated rings. The Balaban J connectivity index is 3.23. The zero-order chi connectivity index (χ0) is 14.8. The number of carboxylic acids is 1. The lowest BCUT2D eigenvalue weighted by Crippen LogP contribution is -2.44. The van der Waals surface area contributed by atoms with E-state index in [1.54, 1.807) is 12.1 Å². The molecule has 0 saturated heterocycles. The van der Waals surface area contributed by atoms with Gasteiger partial charge in [-0.3, -0.25) is 0 Å². The van der Waals surface area contributed by atoms with E-state index in [4.69, 9.17) is 9.69 Å². The second-order valence-electron chi connectivity index (χ2n) is 5.99. The van der Waals surface area contributed by atoms with Crippen LogP contribution in [-0.4, -0.2) is 19.4 Å². The van der Waals surface area contributed by atoms with Gasteiger partial charge in [-0.15, -0.1) is 0 Å². The van der Waals surface area contributed by atoms with Gasteiger partial charge < -0.3 is 9.53 Å². The van der Waals surface area contributed by atoms with Crippen LogP contribution >= 0.6 is 0 Å². The molecule has 0 radical (unpaired) electrons. The van der Waals surface area contributed by atoms with Crippen molar-refractivity contribution in [2.24, 2.45) is 0 Å². The SMILES string of the molecule is CC(C)(C)[Si](C)(C)Oc1ccc(C#N)cc1C(=O)O. The van der Waals surface area contributed by atoms with E-state index in [0.29, 0.717) is 11.3 Å². The molecule has 0 heterocycles. The summed E-state index contributed by atoms with van der Waals surface area (Å²) in [6.07, 6.45) is 0. The molecular formula is C14H19NO3Si. The third-order valence-electron chi connectivity index (χ3n) is 3.51. The highest BCUT2D eigenvalue weighted by Gasteiger charge is 2.39. The highest BCUT2D eigenvalue weighted by Crippen LogP contribution is 2.38. The van der Waals surface area contributed by atoms with Gasteiger partial charge in [-0.1, -0.05) is 20.8 Å². The second kappa shape index (κ2) is 5.06. The number of aromatic carboxylic acids is 1. The average Bonchev–Trinajstić information content (AvgIpc) is 2.27. The molecule has 0 atom stereocenters. The Bertz CT molecular complexity index is 539. The zero-order valence-corrected chi connectivity index (χ0v) is 12.9. The van der Waals surface area contributed by atoms with Crippen molar-refractivity contribution < 1.29 is 14.3 Å². The smallest absolute Gasteiger partial charge is 0.339 e. The van der Waals surface area contributed by atoms with Crippen LogP contribution in [0, 0.1) is 11.3 Å². The van der Waals surface area contributed by atoms with Crippen molar-refractivity contribution >= 4 is 14.3 Å². The summed E-state index contributed by atoms with van der Waals surface area (Å²) in [4.78, 5) is 11.3. The Morgan fingerprint density at radius 2 is 1.95 bits per heavy atom. The minimum Gasteiger partial charge on any atom is -0.543 e. The lowest BCUT2D eigenvalue weighted by atomic mass is 10.1. The van der Waals surface area contributed by atoms with Crippen molar-refractivity contribution in [1.29, 1.82) is 5.26 Å². The Kier molecular flexibility index (Phi) is 4.06. The molecule has 1 N–H and O–H groups in total. The zero-order valence-electron chi connectivity index (χ0n) is 11.9. The van der Waals surface area contributed by atoms with Crippen molar-refractivity contribution in [3.63, 3.8) is 0 Å². The molecule has 4 nitrogen and oxygen atoms in total. The fourth-order valence-corrected chi connectivity index (χ4v) is 2.32. The van der Waals surface area contributed by atoms with Gasteiger partial charge in [-0.05, 0) is 36.3 Å². The summed E-state index contributed by atoms with van der Waals surface area (Å²) in [6.45, 7) is 10.4. The van der Waals surface area contributed by atoms with E-state index in [0.717, 1.165) is 0 Å². The predicted molar refractivity (Wildman–Crippen MR) is 75.9 cm³/mol. The lowest BCUT2D eigenvalue weighted by molar-refractivity contribution is 0.0694. The fraction of sp³-hybridized carbons (Fsp3) is 0.429. The Labute approximate surface area is 114 Å². The number of benzene rings is 1. The summed E-state index contributed by atoms with van der Waals surface area (Å²) in [5, 5.41) is 18.0. The molecule has 0 aromatic heterocycles. The first-order chi connectivity index (χ1) is 8.58. The van der Waals surface area contributed by atoms with E-state index in [2.05, 4.69) is 33.9 Å². The first-order valence-corrected chi connectivity index (χ1v) is 8.96. The molecule has 102 valence electrons. The minimum atomic E-state index is -2.10. The molecule has 0 aliphatic rings. The minimum absolute atomic E-state index is 0.0172. The molecule has 19 heavy (non-hydrogen) atoms. The van der Waals surface area contributed by atoms with Gasteiger partial charge >= 0.3 is 5.97 Å². The van der Waals surface area contributed by atoms with E-state index < -0.39 is 14.3 Å². The van der Waals surface area contributed by atoms with Crippen LogP contribution in [0.25, 0.3) is 0 Å². The van der Waals surface area contributed by atoms with Crippen LogP contribution in [0.5, 0.6) is 5.75 Å². The first kappa shape index (κ1) is 15.3. The van der Waals surface area contributed by atoms with E-state index in [1.807, 2.05) is 6.07 Å². The maximum Gasteiger partial charge on any atom is 0.339 e.